The molecule has 0 saturated carbocycles. The molecule has 0 aliphatic heterocycles. The maximum Gasteiger partial charge on any atom is 0.325 e. The van der Waals surface area contributed by atoms with Crippen LogP contribution < -0.4 is 5.56 Å². The van der Waals surface area contributed by atoms with E-state index in [0.717, 1.165) is 11.8 Å². The second-order valence-corrected chi connectivity index (χ2v) is 7.85. The number of thioether (sulfide) groups is 1. The van der Waals surface area contributed by atoms with E-state index in [0.29, 0.717) is 20.1 Å². The minimum Gasteiger partial charge on any atom is -0.468 e. The molecule has 6 nitrogen and oxygen atoms in total. The van der Waals surface area contributed by atoms with E-state index >= 15 is 0 Å². The number of carbonyl (C=O) groups excluding carboxylic acids is 2. The lowest BCUT2D eigenvalue weighted by Crippen LogP contribution is -2.27. The predicted octanol–water partition coefficient (Wildman–Crippen LogP) is 3.26. The standard InChI is InChI=1S/C17H13ClN2O4S2/c1-24-15(22)8-20-16(23)10-4-2-3-5-11(10)19-17(20)25-9-12(21)13-6-7-14(18)26-13/h2-7H,8-9H2,1H3. The van der Waals surface area contributed by atoms with Gasteiger partial charge in [0, 0.05) is 0 Å². The number of carbonyl (C=O) groups is 2. The van der Waals surface area contributed by atoms with Gasteiger partial charge in [-0.1, -0.05) is 35.5 Å². The number of benzene rings is 1. The van der Waals surface area contributed by atoms with Crippen molar-refractivity contribution in [1.29, 1.82) is 0 Å². The van der Waals surface area contributed by atoms with Crippen LogP contribution in [0.4, 0.5) is 0 Å². The fourth-order valence-corrected chi connectivity index (χ4v) is 4.21. The molecule has 3 aromatic rings. The van der Waals surface area contributed by atoms with Crippen LogP contribution in [-0.4, -0.2) is 34.2 Å². The quantitative estimate of drug-likeness (QED) is 0.269. The van der Waals surface area contributed by atoms with Crippen LogP contribution in [0.15, 0.2) is 46.3 Å². The summed E-state index contributed by atoms with van der Waals surface area (Å²) in [5.41, 5.74) is 0.155. The molecule has 3 rings (SSSR count). The minimum atomic E-state index is -0.567. The van der Waals surface area contributed by atoms with E-state index in [4.69, 9.17) is 11.6 Å². The highest BCUT2D eigenvalue weighted by Crippen LogP contribution is 2.25. The maximum atomic E-state index is 12.7. The molecule has 0 radical (unpaired) electrons. The summed E-state index contributed by atoms with van der Waals surface area (Å²) in [6, 6.07) is 10.2. The van der Waals surface area contributed by atoms with Crippen molar-refractivity contribution < 1.29 is 14.3 Å². The minimum absolute atomic E-state index is 0.0722. The molecule has 1 aromatic carbocycles. The Hall–Kier alpha value is -2.16. The van der Waals surface area contributed by atoms with Crippen molar-refractivity contribution in [2.45, 2.75) is 11.7 Å². The highest BCUT2D eigenvalue weighted by atomic mass is 35.5. The first-order chi connectivity index (χ1) is 12.5. The number of rotatable bonds is 6. The molecule has 26 heavy (non-hydrogen) atoms. The van der Waals surface area contributed by atoms with Crippen molar-refractivity contribution in [3.63, 3.8) is 0 Å². The predicted molar refractivity (Wildman–Crippen MR) is 102 cm³/mol. The van der Waals surface area contributed by atoms with E-state index < -0.39 is 5.97 Å². The van der Waals surface area contributed by atoms with Crippen LogP contribution in [0.2, 0.25) is 4.34 Å². The average molecular weight is 409 g/mol. The number of para-hydroxylation sites is 1. The van der Waals surface area contributed by atoms with Gasteiger partial charge in [-0.05, 0) is 24.3 Å². The molecule has 0 aliphatic carbocycles. The highest BCUT2D eigenvalue weighted by molar-refractivity contribution is 7.99. The summed E-state index contributed by atoms with van der Waals surface area (Å²) in [6.07, 6.45) is 0. The summed E-state index contributed by atoms with van der Waals surface area (Å²) >= 11 is 8.15. The molecule has 0 saturated heterocycles. The van der Waals surface area contributed by atoms with E-state index in [9.17, 15) is 14.4 Å². The average Bonchev–Trinajstić information content (AvgIpc) is 3.08. The second kappa shape index (κ2) is 8.03. The van der Waals surface area contributed by atoms with E-state index in [1.54, 1.807) is 36.4 Å². The number of Topliss-reactive ketones (excluding diaryl/α,β-unsaturated/α-hetero) is 1. The zero-order valence-electron chi connectivity index (χ0n) is 13.6. The number of hydrogen-bond donors (Lipinski definition) is 0. The van der Waals surface area contributed by atoms with Crippen LogP contribution >= 0.6 is 34.7 Å². The van der Waals surface area contributed by atoms with Gasteiger partial charge in [-0.25, -0.2) is 4.98 Å². The zero-order valence-corrected chi connectivity index (χ0v) is 16.0. The third kappa shape index (κ3) is 3.98. The molecule has 0 atom stereocenters. The van der Waals surface area contributed by atoms with E-state index in [-0.39, 0.29) is 28.8 Å². The van der Waals surface area contributed by atoms with Gasteiger partial charge in [-0.3, -0.25) is 19.0 Å². The zero-order chi connectivity index (χ0) is 18.7. The molecule has 0 unspecified atom stereocenters. The molecule has 0 amide bonds. The highest BCUT2D eigenvalue weighted by Gasteiger charge is 2.17. The molecule has 0 bridgehead atoms. The molecular formula is C17H13ClN2O4S2. The van der Waals surface area contributed by atoms with E-state index in [1.165, 1.54) is 23.0 Å². The molecule has 2 heterocycles. The summed E-state index contributed by atoms with van der Waals surface area (Å²) in [5.74, 6) is -0.621. The number of aromatic nitrogens is 2. The second-order valence-electron chi connectivity index (χ2n) is 5.19. The summed E-state index contributed by atoms with van der Waals surface area (Å²) in [7, 11) is 1.25. The maximum absolute atomic E-state index is 12.7. The first-order valence-corrected chi connectivity index (χ1v) is 9.65. The van der Waals surface area contributed by atoms with Gasteiger partial charge in [0.25, 0.3) is 5.56 Å². The van der Waals surface area contributed by atoms with Crippen LogP contribution in [-0.2, 0) is 16.1 Å². The third-order valence-electron chi connectivity index (χ3n) is 3.52. The lowest BCUT2D eigenvalue weighted by molar-refractivity contribution is -0.141. The largest absolute Gasteiger partial charge is 0.468 e. The number of ketones is 1. The van der Waals surface area contributed by atoms with Crippen molar-refractivity contribution in [1.82, 2.24) is 9.55 Å². The Labute approximate surface area is 161 Å². The number of esters is 1. The van der Waals surface area contributed by atoms with Crippen LogP contribution in [0.3, 0.4) is 0 Å². The molecule has 0 N–H and O–H groups in total. The van der Waals surface area contributed by atoms with Crippen LogP contribution in [0.25, 0.3) is 10.9 Å². The number of ether oxygens (including phenoxy) is 1. The molecule has 134 valence electrons. The lowest BCUT2D eigenvalue weighted by Gasteiger charge is -2.11. The monoisotopic (exact) mass is 408 g/mol. The van der Waals surface area contributed by atoms with Gasteiger partial charge in [-0.15, -0.1) is 11.3 Å². The summed E-state index contributed by atoms with van der Waals surface area (Å²) in [6.45, 7) is -0.269. The Balaban J connectivity index is 1.94. The number of hydrogen-bond acceptors (Lipinski definition) is 7. The molecule has 9 heteroatoms. The molecule has 2 aromatic heterocycles. The van der Waals surface area contributed by atoms with E-state index in [1.807, 2.05) is 0 Å². The number of thiophene rings is 1. The number of nitrogens with zero attached hydrogens (tertiary/aromatic N) is 2. The third-order valence-corrected chi connectivity index (χ3v) is 5.77. The topological polar surface area (TPSA) is 78.3 Å². The van der Waals surface area contributed by atoms with Gasteiger partial charge in [-0.2, -0.15) is 0 Å². The Morgan fingerprint density at radius 1 is 1.27 bits per heavy atom. The van der Waals surface area contributed by atoms with Gasteiger partial charge in [0.15, 0.2) is 10.9 Å². The van der Waals surface area contributed by atoms with Crippen molar-refractivity contribution in [3.8, 4) is 0 Å². The first kappa shape index (κ1) is 18.6. The smallest absolute Gasteiger partial charge is 0.325 e. The lowest BCUT2D eigenvalue weighted by atomic mass is 10.2. The fourth-order valence-electron chi connectivity index (χ4n) is 2.26. The van der Waals surface area contributed by atoms with E-state index in [2.05, 4.69) is 9.72 Å². The Bertz CT molecular complexity index is 1040. The van der Waals surface area contributed by atoms with Gasteiger partial charge in [0.2, 0.25) is 0 Å². The number of fused-ring (bicyclic) bond motifs is 1. The van der Waals surface area contributed by atoms with Crippen molar-refractivity contribution >= 4 is 57.4 Å². The molecule has 0 aliphatic rings. The first-order valence-electron chi connectivity index (χ1n) is 7.47. The molecule has 0 fully saturated rings. The van der Waals surface area contributed by atoms with Gasteiger partial charge in [0.05, 0.1) is 33.0 Å². The van der Waals surface area contributed by atoms with Gasteiger partial charge in [0.1, 0.15) is 6.54 Å². The number of methoxy groups -OCH3 is 1. The van der Waals surface area contributed by atoms with Gasteiger partial charge < -0.3 is 4.74 Å². The van der Waals surface area contributed by atoms with Crippen LogP contribution in [0.1, 0.15) is 9.67 Å². The van der Waals surface area contributed by atoms with Crippen LogP contribution in [0.5, 0.6) is 0 Å². The van der Waals surface area contributed by atoms with Crippen molar-refractivity contribution in [2.75, 3.05) is 12.9 Å². The Morgan fingerprint density at radius 3 is 2.73 bits per heavy atom. The SMILES string of the molecule is COC(=O)Cn1c(SCC(=O)c2ccc(Cl)s2)nc2ccccc2c1=O. The summed E-state index contributed by atoms with van der Waals surface area (Å²) in [4.78, 5) is 41.7. The number of halogens is 1. The van der Waals surface area contributed by atoms with Crippen LogP contribution in [0, 0.1) is 0 Å². The summed E-state index contributed by atoms with van der Waals surface area (Å²) < 4.78 is 6.42. The Kier molecular flexibility index (Phi) is 5.75. The Morgan fingerprint density at radius 2 is 2.04 bits per heavy atom. The normalized spacial score (nSPS) is 10.8. The molecular weight excluding hydrogens is 396 g/mol. The fraction of sp³-hybridized carbons (Fsp3) is 0.176. The van der Waals surface area contributed by atoms with Crippen molar-refractivity contribution in [3.05, 3.63) is 56.0 Å². The molecule has 0 spiro atoms. The van der Waals surface area contributed by atoms with Crippen molar-refractivity contribution in [2.24, 2.45) is 0 Å². The van der Waals surface area contributed by atoms with Gasteiger partial charge >= 0.3 is 5.97 Å². The summed E-state index contributed by atoms with van der Waals surface area (Å²) in [5, 5.41) is 0.687.